The van der Waals surface area contributed by atoms with Crippen molar-refractivity contribution in [1.29, 1.82) is 0 Å². The predicted molar refractivity (Wildman–Crippen MR) is 103 cm³/mol. The van der Waals surface area contributed by atoms with Crippen LogP contribution >= 0.6 is 34.4 Å². The summed E-state index contributed by atoms with van der Waals surface area (Å²) in [4.78, 5) is 17.2. The number of carbonyl (C=O) groups excluding carboxylic acids is 1. The Balaban J connectivity index is 1.88. The molecular weight excluding hydrogens is 423 g/mol. The summed E-state index contributed by atoms with van der Waals surface area (Å²) in [5.41, 5.74) is 1.71. The number of nitrogens with one attached hydrogen (secondary N) is 1. The fraction of sp³-hybridized carbons (Fsp3) is 0.0588. The molecule has 0 bridgehead atoms. The molecule has 1 aliphatic rings. The molecule has 0 atom stereocenters. The minimum absolute atomic E-state index is 0.148. The number of nitrogens with zero attached hydrogens (tertiary/aromatic N) is 1. The first kappa shape index (κ1) is 16.1. The molecular formula is C17H13IN2O2S. The molecule has 2 aromatic carbocycles. The number of hydrogen-bond acceptors (Lipinski definition) is 4. The highest BCUT2D eigenvalue weighted by molar-refractivity contribution is 14.1. The average Bonchev–Trinajstić information content (AvgIpc) is 2.90. The number of methoxy groups -OCH3 is 1. The van der Waals surface area contributed by atoms with Crippen molar-refractivity contribution in [3.8, 4) is 5.75 Å². The van der Waals surface area contributed by atoms with E-state index in [1.165, 1.54) is 11.8 Å². The molecule has 1 amide bonds. The largest absolute Gasteiger partial charge is 0.496 e. The van der Waals surface area contributed by atoms with Crippen molar-refractivity contribution < 1.29 is 9.53 Å². The molecule has 1 fully saturated rings. The molecule has 0 radical (unpaired) electrons. The molecule has 23 heavy (non-hydrogen) atoms. The topological polar surface area (TPSA) is 50.7 Å². The summed E-state index contributed by atoms with van der Waals surface area (Å²) in [6.07, 6.45) is 1.82. The fourth-order valence-corrected chi connectivity index (χ4v) is 3.39. The van der Waals surface area contributed by atoms with Gasteiger partial charge >= 0.3 is 0 Å². The fourth-order valence-electron chi connectivity index (χ4n) is 2.06. The number of benzene rings is 2. The van der Waals surface area contributed by atoms with Crippen LogP contribution in [0.3, 0.4) is 0 Å². The molecule has 0 aromatic heterocycles. The van der Waals surface area contributed by atoms with E-state index in [1.54, 1.807) is 7.11 Å². The standard InChI is InChI=1S/C17H13IN2O2S/c1-22-14-9-5-2-6-11(14)10-15-16(21)20-17(23-15)19-13-8-4-3-7-12(13)18/h2-10H,1H3,(H,19,20,21)/b15-10+. The lowest BCUT2D eigenvalue weighted by molar-refractivity contribution is -0.115. The van der Waals surface area contributed by atoms with Crippen molar-refractivity contribution in [3.63, 3.8) is 0 Å². The number of amidine groups is 1. The van der Waals surface area contributed by atoms with Crippen LogP contribution in [0.1, 0.15) is 5.56 Å². The second kappa shape index (κ2) is 7.18. The van der Waals surface area contributed by atoms with Gasteiger partial charge in [-0.25, -0.2) is 4.99 Å². The van der Waals surface area contributed by atoms with Crippen molar-refractivity contribution in [2.45, 2.75) is 0 Å². The number of para-hydroxylation sites is 2. The number of rotatable bonds is 3. The maximum atomic E-state index is 12.1. The third-order valence-corrected chi connectivity index (χ3v) is 4.97. The van der Waals surface area contributed by atoms with Gasteiger partial charge in [0, 0.05) is 9.13 Å². The molecule has 0 spiro atoms. The van der Waals surface area contributed by atoms with E-state index in [0.29, 0.717) is 10.1 Å². The van der Waals surface area contributed by atoms with Crippen LogP contribution in [0.5, 0.6) is 5.75 Å². The van der Waals surface area contributed by atoms with Gasteiger partial charge in [-0.15, -0.1) is 0 Å². The summed E-state index contributed by atoms with van der Waals surface area (Å²) < 4.78 is 6.35. The second-order valence-corrected chi connectivity index (χ2v) is 6.87. The zero-order chi connectivity index (χ0) is 16.2. The summed E-state index contributed by atoms with van der Waals surface area (Å²) in [7, 11) is 1.61. The monoisotopic (exact) mass is 436 g/mol. The number of halogens is 1. The van der Waals surface area contributed by atoms with Crippen LogP contribution in [-0.2, 0) is 4.79 Å². The van der Waals surface area contributed by atoms with E-state index in [9.17, 15) is 4.79 Å². The highest BCUT2D eigenvalue weighted by atomic mass is 127. The summed E-state index contributed by atoms with van der Waals surface area (Å²) in [5.74, 6) is 0.585. The molecule has 1 N–H and O–H groups in total. The first-order valence-electron chi connectivity index (χ1n) is 6.84. The lowest BCUT2D eigenvalue weighted by Gasteiger charge is -2.03. The van der Waals surface area contributed by atoms with Crippen molar-refractivity contribution >= 4 is 57.2 Å². The number of thioether (sulfide) groups is 1. The minimum atomic E-state index is -0.148. The van der Waals surface area contributed by atoms with E-state index in [0.717, 1.165) is 20.6 Å². The van der Waals surface area contributed by atoms with E-state index in [1.807, 2.05) is 54.6 Å². The van der Waals surface area contributed by atoms with Crippen LogP contribution in [0.25, 0.3) is 6.08 Å². The molecule has 0 saturated carbocycles. The molecule has 6 heteroatoms. The Morgan fingerprint density at radius 3 is 2.70 bits per heavy atom. The van der Waals surface area contributed by atoms with Crippen molar-refractivity contribution in [2.75, 3.05) is 7.11 Å². The van der Waals surface area contributed by atoms with Crippen molar-refractivity contribution in [1.82, 2.24) is 5.32 Å². The van der Waals surface area contributed by atoms with Crippen LogP contribution in [0.4, 0.5) is 5.69 Å². The lowest BCUT2D eigenvalue weighted by Crippen LogP contribution is -2.19. The molecule has 116 valence electrons. The molecule has 1 aliphatic heterocycles. The molecule has 2 aromatic rings. The first-order valence-corrected chi connectivity index (χ1v) is 8.74. The maximum absolute atomic E-state index is 12.1. The number of aliphatic imine (C=N–C) groups is 1. The summed E-state index contributed by atoms with van der Waals surface area (Å²) in [5, 5.41) is 3.38. The smallest absolute Gasteiger partial charge is 0.264 e. The van der Waals surface area contributed by atoms with Crippen LogP contribution in [0.2, 0.25) is 0 Å². The van der Waals surface area contributed by atoms with Crippen LogP contribution in [0, 0.1) is 3.57 Å². The zero-order valence-corrected chi connectivity index (χ0v) is 15.2. The van der Waals surface area contributed by atoms with Gasteiger partial charge in [-0.05, 0) is 58.6 Å². The molecule has 1 saturated heterocycles. The molecule has 4 nitrogen and oxygen atoms in total. The van der Waals surface area contributed by atoms with Gasteiger partial charge in [0.1, 0.15) is 5.75 Å². The van der Waals surface area contributed by atoms with Gasteiger partial charge < -0.3 is 10.1 Å². The Bertz CT molecular complexity index is 818. The van der Waals surface area contributed by atoms with Gasteiger partial charge in [0.05, 0.1) is 17.7 Å². The quantitative estimate of drug-likeness (QED) is 0.580. The number of hydrogen-bond donors (Lipinski definition) is 1. The molecule has 0 aliphatic carbocycles. The first-order chi connectivity index (χ1) is 11.2. The summed E-state index contributed by atoms with van der Waals surface area (Å²) in [6, 6.07) is 15.4. The van der Waals surface area contributed by atoms with E-state index >= 15 is 0 Å². The van der Waals surface area contributed by atoms with Gasteiger partial charge in [-0.3, -0.25) is 4.79 Å². The number of ether oxygens (including phenoxy) is 1. The maximum Gasteiger partial charge on any atom is 0.264 e. The Morgan fingerprint density at radius 1 is 1.17 bits per heavy atom. The average molecular weight is 436 g/mol. The second-order valence-electron chi connectivity index (χ2n) is 4.68. The highest BCUT2D eigenvalue weighted by Crippen LogP contribution is 2.31. The SMILES string of the molecule is COc1ccccc1/C=C1/SC(=Nc2ccccc2I)NC1=O. The minimum Gasteiger partial charge on any atom is -0.496 e. The Morgan fingerprint density at radius 2 is 1.91 bits per heavy atom. The third-order valence-electron chi connectivity index (χ3n) is 3.15. The third kappa shape index (κ3) is 3.76. The highest BCUT2D eigenvalue weighted by Gasteiger charge is 2.24. The van der Waals surface area contributed by atoms with Crippen LogP contribution in [0.15, 0.2) is 58.4 Å². The van der Waals surface area contributed by atoms with E-state index in [2.05, 4.69) is 32.9 Å². The van der Waals surface area contributed by atoms with E-state index in [-0.39, 0.29) is 5.91 Å². The van der Waals surface area contributed by atoms with Crippen LogP contribution in [-0.4, -0.2) is 18.2 Å². The predicted octanol–water partition coefficient (Wildman–Crippen LogP) is 4.19. The number of carbonyl (C=O) groups is 1. The normalized spacial score (nSPS) is 17.6. The Kier molecular flexibility index (Phi) is 5.02. The van der Waals surface area contributed by atoms with Gasteiger partial charge in [-0.2, -0.15) is 0 Å². The van der Waals surface area contributed by atoms with Gasteiger partial charge in [-0.1, -0.05) is 30.3 Å². The van der Waals surface area contributed by atoms with E-state index in [4.69, 9.17) is 4.74 Å². The van der Waals surface area contributed by atoms with Gasteiger partial charge in [0.2, 0.25) is 0 Å². The van der Waals surface area contributed by atoms with Crippen molar-refractivity contribution in [2.24, 2.45) is 4.99 Å². The summed E-state index contributed by atoms with van der Waals surface area (Å²) >= 11 is 3.55. The Labute approximate surface area is 152 Å². The van der Waals surface area contributed by atoms with Gasteiger partial charge in [0.15, 0.2) is 5.17 Å². The molecule has 1 heterocycles. The zero-order valence-electron chi connectivity index (χ0n) is 12.2. The van der Waals surface area contributed by atoms with Crippen molar-refractivity contribution in [3.05, 3.63) is 62.6 Å². The lowest BCUT2D eigenvalue weighted by atomic mass is 10.2. The van der Waals surface area contributed by atoms with Gasteiger partial charge in [0.25, 0.3) is 5.91 Å². The Hall–Kier alpha value is -1.80. The summed E-state index contributed by atoms with van der Waals surface area (Å²) in [6.45, 7) is 0. The molecule has 3 rings (SSSR count). The number of amides is 1. The van der Waals surface area contributed by atoms with E-state index < -0.39 is 0 Å². The van der Waals surface area contributed by atoms with Crippen LogP contribution < -0.4 is 10.1 Å². The molecule has 0 unspecified atom stereocenters.